The van der Waals surface area contributed by atoms with E-state index in [0.29, 0.717) is 34.6 Å². The zero-order chi connectivity index (χ0) is 31.2. The number of para-hydroxylation sites is 1. The molecule has 0 aliphatic heterocycles. The van der Waals surface area contributed by atoms with Gasteiger partial charge in [-0.2, -0.15) is 0 Å². The fourth-order valence-corrected chi connectivity index (χ4v) is 5.84. The summed E-state index contributed by atoms with van der Waals surface area (Å²) in [5, 5.41) is 2.03. The van der Waals surface area contributed by atoms with Gasteiger partial charge >= 0.3 is 0 Å². The van der Waals surface area contributed by atoms with E-state index in [1.54, 1.807) is 6.20 Å². The van der Waals surface area contributed by atoms with Gasteiger partial charge in [0, 0.05) is 27.5 Å². The Morgan fingerprint density at radius 2 is 1.02 bits per heavy atom. The van der Waals surface area contributed by atoms with Crippen LogP contribution < -0.4 is 0 Å². The Bertz CT molecular complexity index is 2520. The van der Waals surface area contributed by atoms with Crippen LogP contribution >= 0.6 is 0 Å². The molecule has 0 N–H and O–H groups in total. The highest BCUT2D eigenvalue weighted by Gasteiger charge is 2.14. The summed E-state index contributed by atoms with van der Waals surface area (Å²) in [4.78, 5) is 29.0. The number of pyridine rings is 1. The van der Waals surface area contributed by atoms with Gasteiger partial charge in [0.25, 0.3) is 0 Å². The van der Waals surface area contributed by atoms with Crippen LogP contribution in [0.15, 0.2) is 150 Å². The Morgan fingerprint density at radius 3 is 1.79 bits per heavy atom. The lowest BCUT2D eigenvalue weighted by Gasteiger charge is -2.10. The van der Waals surface area contributed by atoms with Crippen LogP contribution in [0.3, 0.4) is 0 Å². The largest absolute Gasteiger partial charge is 0.438 e. The lowest BCUT2D eigenvalue weighted by atomic mass is 10.0. The van der Waals surface area contributed by atoms with Crippen molar-refractivity contribution >= 4 is 33.1 Å². The second-order valence-corrected chi connectivity index (χ2v) is 11.2. The zero-order valence-electron chi connectivity index (χ0n) is 24.9. The molecule has 0 bridgehead atoms. The average molecular weight is 605 g/mol. The maximum atomic E-state index is 5.99. The molecular weight excluding hydrogens is 580 g/mol. The highest BCUT2D eigenvalue weighted by atomic mass is 16.3. The highest BCUT2D eigenvalue weighted by Crippen LogP contribution is 2.31. The van der Waals surface area contributed by atoms with Crippen LogP contribution in [0.4, 0.5) is 0 Å². The first-order chi connectivity index (χ1) is 23.2. The van der Waals surface area contributed by atoms with E-state index in [4.69, 9.17) is 34.3 Å². The summed E-state index contributed by atoms with van der Waals surface area (Å²) in [6, 6.07) is 46.3. The van der Waals surface area contributed by atoms with Crippen LogP contribution in [0.25, 0.3) is 89.8 Å². The SMILES string of the molecule is c1ccc(-c2nc(-c3ccccc3)nc(-c3cccc(-c4ccc5nc(-c6ccc7c(n6)oc6ccccc67)cnc5c4)c3)n2)cc1. The molecule has 0 atom stereocenters. The average Bonchev–Trinajstić information content (AvgIpc) is 3.53. The van der Waals surface area contributed by atoms with E-state index < -0.39 is 0 Å². The van der Waals surface area contributed by atoms with Crippen LogP contribution in [0.1, 0.15) is 0 Å². The predicted octanol–water partition coefficient (Wildman–Crippen LogP) is 9.44. The summed E-state index contributed by atoms with van der Waals surface area (Å²) in [7, 11) is 0. The van der Waals surface area contributed by atoms with Gasteiger partial charge in [0.2, 0.25) is 5.71 Å². The molecule has 0 amide bonds. The molecule has 7 nitrogen and oxygen atoms in total. The van der Waals surface area contributed by atoms with Crippen LogP contribution in [0.5, 0.6) is 0 Å². The molecule has 0 aliphatic carbocycles. The van der Waals surface area contributed by atoms with Crippen molar-refractivity contribution in [2.45, 2.75) is 0 Å². The van der Waals surface area contributed by atoms with Crippen molar-refractivity contribution in [3.8, 4) is 56.7 Å². The summed E-state index contributed by atoms with van der Waals surface area (Å²) in [6.07, 6.45) is 1.76. The third-order valence-electron chi connectivity index (χ3n) is 8.20. The van der Waals surface area contributed by atoms with E-state index in [0.717, 1.165) is 55.2 Å². The summed E-state index contributed by atoms with van der Waals surface area (Å²) >= 11 is 0. The molecule has 0 aliphatic rings. The second-order valence-electron chi connectivity index (χ2n) is 11.2. The number of fused-ring (bicyclic) bond motifs is 4. The van der Waals surface area contributed by atoms with Crippen LogP contribution in [0, 0.1) is 0 Å². The van der Waals surface area contributed by atoms with Gasteiger partial charge in [-0.3, -0.25) is 4.98 Å². The number of rotatable bonds is 5. The van der Waals surface area contributed by atoms with Crippen molar-refractivity contribution in [1.82, 2.24) is 29.9 Å². The highest BCUT2D eigenvalue weighted by molar-refractivity contribution is 6.04. The number of benzene rings is 5. The Labute approximate surface area is 269 Å². The summed E-state index contributed by atoms with van der Waals surface area (Å²) < 4.78 is 5.99. The molecule has 7 heteroatoms. The Balaban J connectivity index is 1.07. The van der Waals surface area contributed by atoms with Gasteiger partial charge in [-0.1, -0.05) is 103 Å². The number of furan rings is 1. The topological polar surface area (TPSA) is 90.5 Å². The lowest BCUT2D eigenvalue weighted by Crippen LogP contribution is -2.00. The van der Waals surface area contributed by atoms with Gasteiger partial charge in [0.05, 0.1) is 22.9 Å². The Kier molecular flexibility index (Phi) is 6.31. The van der Waals surface area contributed by atoms with Gasteiger partial charge in [0.1, 0.15) is 11.3 Å². The normalized spacial score (nSPS) is 11.4. The molecule has 0 fully saturated rings. The molecule has 9 aromatic rings. The molecule has 0 saturated carbocycles. The number of aromatic nitrogens is 6. The Morgan fingerprint density at radius 1 is 0.383 bits per heavy atom. The van der Waals surface area contributed by atoms with Crippen molar-refractivity contribution in [1.29, 1.82) is 0 Å². The van der Waals surface area contributed by atoms with Crippen molar-refractivity contribution in [3.05, 3.63) is 146 Å². The minimum atomic E-state index is 0.589. The zero-order valence-corrected chi connectivity index (χ0v) is 24.9. The maximum Gasteiger partial charge on any atom is 0.227 e. The van der Waals surface area contributed by atoms with E-state index >= 15 is 0 Å². The molecule has 4 heterocycles. The molecule has 47 heavy (non-hydrogen) atoms. The molecular formula is C40H24N6O. The summed E-state index contributed by atoms with van der Waals surface area (Å²) in [6.45, 7) is 0. The lowest BCUT2D eigenvalue weighted by molar-refractivity contribution is 0.654. The second kappa shape index (κ2) is 11.1. The maximum absolute atomic E-state index is 5.99. The Hall–Kier alpha value is -6.60. The minimum Gasteiger partial charge on any atom is -0.438 e. The van der Waals surface area contributed by atoms with Gasteiger partial charge in [-0.15, -0.1) is 0 Å². The third-order valence-corrected chi connectivity index (χ3v) is 8.20. The van der Waals surface area contributed by atoms with Crippen molar-refractivity contribution in [2.24, 2.45) is 0 Å². The molecule has 0 unspecified atom stereocenters. The quantitative estimate of drug-likeness (QED) is 0.193. The fourth-order valence-electron chi connectivity index (χ4n) is 5.84. The first kappa shape index (κ1) is 26.8. The van der Waals surface area contributed by atoms with Gasteiger partial charge < -0.3 is 4.42 Å². The van der Waals surface area contributed by atoms with Crippen LogP contribution in [-0.2, 0) is 0 Å². The van der Waals surface area contributed by atoms with Gasteiger partial charge in [-0.25, -0.2) is 24.9 Å². The number of nitrogens with zero attached hydrogens (tertiary/aromatic N) is 6. The van der Waals surface area contributed by atoms with Crippen molar-refractivity contribution in [3.63, 3.8) is 0 Å². The molecule has 0 spiro atoms. The first-order valence-electron chi connectivity index (χ1n) is 15.3. The van der Waals surface area contributed by atoms with Crippen molar-refractivity contribution in [2.75, 3.05) is 0 Å². The fraction of sp³-hybridized carbons (Fsp3) is 0. The molecule has 9 rings (SSSR count). The molecule has 4 aromatic heterocycles. The standard InChI is InChI=1S/C40H24N6O/c1-3-10-25(11-4-1)37-44-38(26-12-5-2-6-13-26)46-39(45-37)29-15-9-14-27(22-29)28-18-20-32-34(23-28)41-24-35(42-32)33-21-19-31-30-16-7-8-17-36(30)47-40(31)43-33/h1-24H. The van der Waals surface area contributed by atoms with E-state index in [1.807, 2.05) is 115 Å². The monoisotopic (exact) mass is 604 g/mol. The van der Waals surface area contributed by atoms with Gasteiger partial charge in [-0.05, 0) is 47.5 Å². The molecule has 5 aromatic carbocycles. The predicted molar refractivity (Wildman–Crippen MR) is 185 cm³/mol. The molecule has 0 saturated heterocycles. The third kappa shape index (κ3) is 4.96. The number of hydrogen-bond acceptors (Lipinski definition) is 7. The molecule has 0 radical (unpaired) electrons. The van der Waals surface area contributed by atoms with E-state index in [1.165, 1.54) is 0 Å². The smallest absolute Gasteiger partial charge is 0.227 e. The summed E-state index contributed by atoms with van der Waals surface area (Å²) in [5.74, 6) is 1.87. The van der Waals surface area contributed by atoms with E-state index in [9.17, 15) is 0 Å². The van der Waals surface area contributed by atoms with Crippen LogP contribution in [-0.4, -0.2) is 29.9 Å². The van der Waals surface area contributed by atoms with E-state index in [-0.39, 0.29) is 0 Å². The molecule has 220 valence electrons. The van der Waals surface area contributed by atoms with Crippen LogP contribution in [0.2, 0.25) is 0 Å². The first-order valence-corrected chi connectivity index (χ1v) is 15.3. The van der Waals surface area contributed by atoms with E-state index in [2.05, 4.69) is 24.3 Å². The van der Waals surface area contributed by atoms with Gasteiger partial charge in [0.15, 0.2) is 17.5 Å². The minimum absolute atomic E-state index is 0.589. The summed E-state index contributed by atoms with van der Waals surface area (Å²) in [5.41, 5.74) is 9.19. The number of hydrogen-bond donors (Lipinski definition) is 0. The van der Waals surface area contributed by atoms with Crippen molar-refractivity contribution < 1.29 is 4.42 Å².